The number of likely N-dealkylation sites (N-methyl/N-ethyl adjacent to an activating group) is 1. The number of benzene rings is 1. The van der Waals surface area contributed by atoms with Crippen molar-refractivity contribution in [2.75, 3.05) is 14.2 Å². The minimum atomic E-state index is -0.237. The first-order valence-corrected chi connectivity index (χ1v) is 8.13. The minimum Gasteiger partial charge on any atom is -0.494 e. The number of rotatable bonds is 8. The Morgan fingerprint density at radius 3 is 2.81 bits per heavy atom. The Balaban J connectivity index is 1.89. The molecule has 1 unspecified atom stereocenters. The van der Waals surface area contributed by atoms with E-state index < -0.39 is 0 Å². The van der Waals surface area contributed by atoms with E-state index in [4.69, 9.17) is 4.74 Å². The maximum atomic E-state index is 14.2. The number of thiophene rings is 1. The van der Waals surface area contributed by atoms with Crippen molar-refractivity contribution in [3.05, 3.63) is 52.0 Å². The van der Waals surface area contributed by atoms with Crippen LogP contribution in [-0.2, 0) is 12.8 Å². The lowest BCUT2D eigenvalue weighted by Crippen LogP contribution is -2.28. The second-order valence-electron chi connectivity index (χ2n) is 5.09. The fourth-order valence-electron chi connectivity index (χ4n) is 2.46. The van der Waals surface area contributed by atoms with Gasteiger partial charge in [-0.3, -0.25) is 0 Å². The third-order valence-corrected chi connectivity index (χ3v) is 4.63. The number of ether oxygens (including phenoxy) is 1. The molecule has 4 heteroatoms. The van der Waals surface area contributed by atoms with Crippen LogP contribution in [0.4, 0.5) is 4.39 Å². The molecule has 114 valence electrons. The van der Waals surface area contributed by atoms with Crippen LogP contribution < -0.4 is 10.1 Å². The van der Waals surface area contributed by atoms with Crippen LogP contribution >= 0.6 is 11.3 Å². The van der Waals surface area contributed by atoms with Gasteiger partial charge in [-0.25, -0.2) is 4.39 Å². The second-order valence-corrected chi connectivity index (χ2v) is 6.13. The molecular weight excluding hydrogens is 285 g/mol. The Labute approximate surface area is 130 Å². The molecule has 0 spiro atoms. The quantitative estimate of drug-likeness (QED) is 0.794. The van der Waals surface area contributed by atoms with Crippen LogP contribution in [0.25, 0.3) is 0 Å². The molecule has 0 bridgehead atoms. The van der Waals surface area contributed by atoms with Gasteiger partial charge in [0, 0.05) is 10.9 Å². The molecule has 0 saturated heterocycles. The van der Waals surface area contributed by atoms with Crippen molar-refractivity contribution >= 4 is 11.3 Å². The second kappa shape index (κ2) is 8.15. The first-order chi connectivity index (χ1) is 10.2. The van der Waals surface area contributed by atoms with Gasteiger partial charge in [-0.2, -0.15) is 0 Å². The topological polar surface area (TPSA) is 21.3 Å². The van der Waals surface area contributed by atoms with Crippen molar-refractivity contribution in [2.24, 2.45) is 0 Å². The molecular formula is C17H22FNOS. The third kappa shape index (κ3) is 4.55. The standard InChI is InChI=1S/C17H22FNOS/c1-19-14(7-4-8-15-9-5-11-21-15)12-13-6-3-10-16(20-2)17(13)18/h3,5-6,9-11,14,19H,4,7-8,12H2,1-2H3. The van der Waals surface area contributed by atoms with E-state index in [-0.39, 0.29) is 11.9 Å². The van der Waals surface area contributed by atoms with Crippen molar-refractivity contribution in [2.45, 2.75) is 31.7 Å². The van der Waals surface area contributed by atoms with E-state index >= 15 is 0 Å². The van der Waals surface area contributed by atoms with Crippen LogP contribution in [0.1, 0.15) is 23.3 Å². The van der Waals surface area contributed by atoms with Crippen molar-refractivity contribution in [1.29, 1.82) is 0 Å². The van der Waals surface area contributed by atoms with Crippen molar-refractivity contribution in [3.8, 4) is 5.75 Å². The number of aryl methyl sites for hydroxylation is 1. The molecule has 2 rings (SSSR count). The molecule has 2 aromatic rings. The van der Waals surface area contributed by atoms with Crippen LogP contribution in [0.5, 0.6) is 5.75 Å². The first kappa shape index (κ1) is 16.0. The van der Waals surface area contributed by atoms with Gasteiger partial charge >= 0.3 is 0 Å². The molecule has 0 radical (unpaired) electrons. The molecule has 1 aromatic heterocycles. The SMILES string of the molecule is CNC(CCCc1cccs1)Cc1cccc(OC)c1F. The molecule has 2 nitrogen and oxygen atoms in total. The van der Waals surface area contributed by atoms with Gasteiger partial charge in [-0.1, -0.05) is 18.2 Å². The van der Waals surface area contributed by atoms with Crippen molar-refractivity contribution in [1.82, 2.24) is 5.32 Å². The predicted molar refractivity (Wildman–Crippen MR) is 86.8 cm³/mol. The summed E-state index contributed by atoms with van der Waals surface area (Å²) in [6, 6.07) is 9.87. The monoisotopic (exact) mass is 307 g/mol. The van der Waals surface area contributed by atoms with Crippen LogP contribution in [-0.4, -0.2) is 20.2 Å². The summed E-state index contributed by atoms with van der Waals surface area (Å²) < 4.78 is 19.2. The molecule has 1 atom stereocenters. The largest absolute Gasteiger partial charge is 0.494 e. The van der Waals surface area contributed by atoms with E-state index in [1.54, 1.807) is 17.4 Å². The van der Waals surface area contributed by atoms with E-state index in [9.17, 15) is 4.39 Å². The maximum Gasteiger partial charge on any atom is 0.168 e. The number of hydrogen-bond acceptors (Lipinski definition) is 3. The predicted octanol–water partition coefficient (Wildman–Crippen LogP) is 4.05. The average Bonchev–Trinajstić information content (AvgIpc) is 3.01. The summed E-state index contributed by atoms with van der Waals surface area (Å²) in [5.74, 6) is 0.0828. The van der Waals surface area contributed by atoms with Crippen LogP contribution in [0.2, 0.25) is 0 Å². The van der Waals surface area contributed by atoms with Gasteiger partial charge in [-0.05, 0) is 55.8 Å². The minimum absolute atomic E-state index is 0.237. The van der Waals surface area contributed by atoms with Gasteiger partial charge in [0.05, 0.1) is 7.11 Å². The lowest BCUT2D eigenvalue weighted by atomic mass is 10.00. The van der Waals surface area contributed by atoms with Gasteiger partial charge in [0.25, 0.3) is 0 Å². The first-order valence-electron chi connectivity index (χ1n) is 7.25. The zero-order chi connectivity index (χ0) is 15.1. The smallest absolute Gasteiger partial charge is 0.168 e. The highest BCUT2D eigenvalue weighted by molar-refractivity contribution is 7.09. The zero-order valence-corrected chi connectivity index (χ0v) is 13.4. The summed E-state index contributed by atoms with van der Waals surface area (Å²) in [7, 11) is 3.44. The number of nitrogens with one attached hydrogen (secondary N) is 1. The third-order valence-electron chi connectivity index (χ3n) is 3.69. The fraction of sp³-hybridized carbons (Fsp3) is 0.412. The van der Waals surface area contributed by atoms with E-state index in [0.29, 0.717) is 17.7 Å². The molecule has 0 fully saturated rings. The van der Waals surface area contributed by atoms with Gasteiger partial charge in [0.15, 0.2) is 11.6 Å². The fourth-order valence-corrected chi connectivity index (χ4v) is 3.21. The van der Waals surface area contributed by atoms with E-state index in [0.717, 1.165) is 19.3 Å². The lowest BCUT2D eigenvalue weighted by molar-refractivity contribution is 0.382. The highest BCUT2D eigenvalue weighted by Crippen LogP contribution is 2.22. The number of hydrogen-bond donors (Lipinski definition) is 1. The molecule has 0 saturated carbocycles. The number of methoxy groups -OCH3 is 1. The molecule has 1 N–H and O–H groups in total. The Morgan fingerprint density at radius 2 is 2.14 bits per heavy atom. The average molecular weight is 307 g/mol. The molecule has 1 heterocycles. The van der Waals surface area contributed by atoms with E-state index in [1.165, 1.54) is 12.0 Å². The summed E-state index contributed by atoms with van der Waals surface area (Å²) in [4.78, 5) is 1.41. The summed E-state index contributed by atoms with van der Waals surface area (Å²) in [6.07, 6.45) is 3.92. The van der Waals surface area contributed by atoms with Crippen LogP contribution in [0.3, 0.4) is 0 Å². The highest BCUT2D eigenvalue weighted by Gasteiger charge is 2.13. The normalized spacial score (nSPS) is 12.3. The van der Waals surface area contributed by atoms with Gasteiger partial charge in [0.2, 0.25) is 0 Å². The molecule has 21 heavy (non-hydrogen) atoms. The lowest BCUT2D eigenvalue weighted by Gasteiger charge is -2.17. The van der Waals surface area contributed by atoms with E-state index in [2.05, 4.69) is 22.8 Å². The highest BCUT2D eigenvalue weighted by atomic mass is 32.1. The summed E-state index contributed by atoms with van der Waals surface area (Å²) in [6.45, 7) is 0. The molecule has 0 aliphatic heterocycles. The Morgan fingerprint density at radius 1 is 1.29 bits per heavy atom. The summed E-state index contributed by atoms with van der Waals surface area (Å²) in [5.41, 5.74) is 0.713. The molecule has 1 aromatic carbocycles. The van der Waals surface area contributed by atoms with Crippen molar-refractivity contribution < 1.29 is 9.13 Å². The van der Waals surface area contributed by atoms with Gasteiger partial charge in [-0.15, -0.1) is 11.3 Å². The Hall–Kier alpha value is -1.39. The van der Waals surface area contributed by atoms with E-state index in [1.807, 2.05) is 19.2 Å². The summed E-state index contributed by atoms with van der Waals surface area (Å²) in [5, 5.41) is 5.40. The Kier molecular flexibility index (Phi) is 6.21. The summed E-state index contributed by atoms with van der Waals surface area (Å²) >= 11 is 1.80. The molecule has 0 aliphatic carbocycles. The number of halogens is 1. The Bertz CT molecular complexity index is 542. The molecule has 0 aliphatic rings. The van der Waals surface area contributed by atoms with Crippen LogP contribution in [0.15, 0.2) is 35.7 Å². The van der Waals surface area contributed by atoms with Crippen LogP contribution in [0, 0.1) is 5.82 Å². The molecule has 0 amide bonds. The van der Waals surface area contributed by atoms with Gasteiger partial charge < -0.3 is 10.1 Å². The maximum absolute atomic E-state index is 14.2. The zero-order valence-electron chi connectivity index (χ0n) is 12.6. The van der Waals surface area contributed by atoms with Crippen molar-refractivity contribution in [3.63, 3.8) is 0 Å². The van der Waals surface area contributed by atoms with Gasteiger partial charge in [0.1, 0.15) is 0 Å².